The third kappa shape index (κ3) is 7.03. The molecule has 0 saturated carbocycles. The highest BCUT2D eigenvalue weighted by atomic mass is 16.6. The van der Waals surface area contributed by atoms with Crippen molar-refractivity contribution in [3.8, 4) is 11.8 Å². The van der Waals surface area contributed by atoms with Crippen molar-refractivity contribution in [1.29, 1.82) is 0 Å². The maximum Gasteiger partial charge on any atom is 0.106 e. The molecule has 0 heterocycles. The van der Waals surface area contributed by atoms with Crippen LogP contribution in [0.2, 0.25) is 0 Å². The minimum absolute atomic E-state index is 0.682. The SMILES string of the molecule is [CH2]CC#CCCC=NOC. The zero-order valence-corrected chi connectivity index (χ0v) is 6.26. The minimum atomic E-state index is 0.682. The molecule has 0 aliphatic heterocycles. The van der Waals surface area contributed by atoms with Crippen LogP contribution in [-0.4, -0.2) is 13.3 Å². The maximum atomic E-state index is 4.46. The molecular weight excluding hydrogens is 126 g/mol. The van der Waals surface area contributed by atoms with E-state index in [0.29, 0.717) is 6.42 Å². The second-order valence-corrected chi connectivity index (χ2v) is 1.61. The van der Waals surface area contributed by atoms with Crippen molar-refractivity contribution < 1.29 is 4.84 Å². The molecule has 2 nitrogen and oxygen atoms in total. The van der Waals surface area contributed by atoms with Crippen LogP contribution in [0.4, 0.5) is 0 Å². The molecule has 0 aliphatic rings. The summed E-state index contributed by atoms with van der Waals surface area (Å²) in [6.07, 6.45) is 4.07. The van der Waals surface area contributed by atoms with Gasteiger partial charge in [0.05, 0.1) is 0 Å². The first kappa shape index (κ1) is 9.03. The Balaban J connectivity index is 3.12. The van der Waals surface area contributed by atoms with Gasteiger partial charge in [0.2, 0.25) is 0 Å². The van der Waals surface area contributed by atoms with E-state index in [-0.39, 0.29) is 0 Å². The van der Waals surface area contributed by atoms with E-state index in [4.69, 9.17) is 0 Å². The highest BCUT2D eigenvalue weighted by molar-refractivity contribution is 5.56. The van der Waals surface area contributed by atoms with Gasteiger partial charge in [-0.1, -0.05) is 5.16 Å². The molecule has 10 heavy (non-hydrogen) atoms. The summed E-state index contributed by atoms with van der Waals surface area (Å²) < 4.78 is 0. The van der Waals surface area contributed by atoms with Gasteiger partial charge in [0.25, 0.3) is 0 Å². The van der Waals surface area contributed by atoms with Gasteiger partial charge in [-0.15, -0.1) is 11.8 Å². The lowest BCUT2D eigenvalue weighted by atomic mass is 10.3. The van der Waals surface area contributed by atoms with Crippen LogP contribution in [0.25, 0.3) is 0 Å². The number of hydrogen-bond acceptors (Lipinski definition) is 2. The fourth-order valence-electron chi connectivity index (χ4n) is 0.441. The number of rotatable bonds is 3. The van der Waals surface area contributed by atoms with Crippen LogP contribution >= 0.6 is 0 Å². The Morgan fingerprint density at radius 1 is 1.60 bits per heavy atom. The smallest absolute Gasteiger partial charge is 0.106 e. The third-order valence-electron chi connectivity index (χ3n) is 0.828. The van der Waals surface area contributed by atoms with Crippen LogP contribution in [0.5, 0.6) is 0 Å². The average Bonchev–Trinajstić information content (AvgIpc) is 1.97. The molecule has 0 spiro atoms. The fourth-order valence-corrected chi connectivity index (χ4v) is 0.441. The summed E-state index contributed by atoms with van der Waals surface area (Å²) in [5.41, 5.74) is 0. The zero-order valence-electron chi connectivity index (χ0n) is 6.26. The molecule has 1 radical (unpaired) electrons. The first-order chi connectivity index (χ1) is 4.91. The van der Waals surface area contributed by atoms with Crippen molar-refractivity contribution in [2.24, 2.45) is 5.16 Å². The Morgan fingerprint density at radius 2 is 2.40 bits per heavy atom. The van der Waals surface area contributed by atoms with Crippen molar-refractivity contribution in [3.05, 3.63) is 6.92 Å². The lowest BCUT2D eigenvalue weighted by Crippen LogP contribution is -1.75. The summed E-state index contributed by atoms with van der Waals surface area (Å²) in [5, 5.41) is 3.56. The normalized spacial score (nSPS) is 9.00. The molecule has 0 aromatic rings. The summed E-state index contributed by atoms with van der Waals surface area (Å²) in [7, 11) is 1.53. The van der Waals surface area contributed by atoms with Gasteiger partial charge in [-0.3, -0.25) is 0 Å². The van der Waals surface area contributed by atoms with Crippen molar-refractivity contribution >= 4 is 6.21 Å². The van der Waals surface area contributed by atoms with E-state index in [1.165, 1.54) is 7.11 Å². The molecule has 0 atom stereocenters. The Kier molecular flexibility index (Phi) is 7.25. The van der Waals surface area contributed by atoms with Gasteiger partial charge >= 0.3 is 0 Å². The van der Waals surface area contributed by atoms with Gasteiger partial charge in [-0.05, 0) is 13.3 Å². The summed E-state index contributed by atoms with van der Waals surface area (Å²) in [6, 6.07) is 0. The zero-order chi connectivity index (χ0) is 7.66. The maximum absolute atomic E-state index is 4.46. The molecule has 2 heteroatoms. The third-order valence-corrected chi connectivity index (χ3v) is 0.828. The Labute approximate surface area is 62.3 Å². The van der Waals surface area contributed by atoms with E-state index in [0.717, 1.165) is 12.8 Å². The second kappa shape index (κ2) is 8.03. The van der Waals surface area contributed by atoms with E-state index < -0.39 is 0 Å². The van der Waals surface area contributed by atoms with E-state index >= 15 is 0 Å². The molecule has 0 saturated heterocycles. The number of nitrogens with zero attached hydrogens (tertiary/aromatic N) is 1. The molecular formula is C8H12NO. The van der Waals surface area contributed by atoms with Gasteiger partial charge < -0.3 is 4.84 Å². The molecule has 0 aliphatic carbocycles. The molecule has 0 rings (SSSR count). The van der Waals surface area contributed by atoms with Gasteiger partial charge in [-0.2, -0.15) is 0 Å². The molecule has 0 bridgehead atoms. The Bertz CT molecular complexity index is 141. The monoisotopic (exact) mass is 138 g/mol. The first-order valence-electron chi connectivity index (χ1n) is 3.21. The van der Waals surface area contributed by atoms with Crippen LogP contribution in [0.3, 0.4) is 0 Å². The number of oxime groups is 1. The van der Waals surface area contributed by atoms with Crippen molar-refractivity contribution in [3.63, 3.8) is 0 Å². The van der Waals surface area contributed by atoms with Crippen LogP contribution in [0.15, 0.2) is 5.16 Å². The summed E-state index contributed by atoms with van der Waals surface area (Å²) in [6.45, 7) is 3.59. The molecule has 0 fully saturated rings. The first-order valence-corrected chi connectivity index (χ1v) is 3.21. The largest absolute Gasteiger partial charge is 0.399 e. The van der Waals surface area contributed by atoms with E-state index in [2.05, 4.69) is 28.8 Å². The predicted octanol–water partition coefficient (Wildman–Crippen LogP) is 1.63. The van der Waals surface area contributed by atoms with Gasteiger partial charge in [0.1, 0.15) is 7.11 Å². The molecule has 0 N–H and O–H groups in total. The van der Waals surface area contributed by atoms with Crippen molar-refractivity contribution in [2.75, 3.05) is 7.11 Å². The van der Waals surface area contributed by atoms with Crippen molar-refractivity contribution in [2.45, 2.75) is 19.3 Å². The number of hydrogen-bond donors (Lipinski definition) is 0. The number of unbranched alkanes of at least 4 members (excludes halogenated alkanes) is 1. The van der Waals surface area contributed by atoms with Crippen LogP contribution in [-0.2, 0) is 4.84 Å². The Morgan fingerprint density at radius 3 is 3.00 bits per heavy atom. The molecule has 0 aromatic carbocycles. The topological polar surface area (TPSA) is 21.6 Å². The molecule has 0 unspecified atom stereocenters. The van der Waals surface area contributed by atoms with Gasteiger partial charge in [0.15, 0.2) is 0 Å². The lowest BCUT2D eigenvalue weighted by molar-refractivity contribution is 0.214. The fraction of sp³-hybridized carbons (Fsp3) is 0.500. The standard InChI is InChI=1S/C8H12NO/c1-3-4-5-6-7-8-9-10-2/h8H,1,3,6-7H2,2H3. The molecule has 0 amide bonds. The van der Waals surface area contributed by atoms with Crippen LogP contribution in [0, 0.1) is 18.8 Å². The van der Waals surface area contributed by atoms with Crippen LogP contribution in [0.1, 0.15) is 19.3 Å². The predicted molar refractivity (Wildman–Crippen MR) is 42.5 cm³/mol. The summed E-state index contributed by atoms with van der Waals surface area (Å²) in [5.74, 6) is 5.80. The highest BCUT2D eigenvalue weighted by Gasteiger charge is 1.74. The highest BCUT2D eigenvalue weighted by Crippen LogP contribution is 1.82. The summed E-state index contributed by atoms with van der Waals surface area (Å²) in [4.78, 5) is 4.46. The molecule has 55 valence electrons. The van der Waals surface area contributed by atoms with Crippen molar-refractivity contribution in [1.82, 2.24) is 0 Å². The van der Waals surface area contributed by atoms with E-state index in [9.17, 15) is 0 Å². The quantitative estimate of drug-likeness (QED) is 0.251. The van der Waals surface area contributed by atoms with Gasteiger partial charge in [0, 0.05) is 19.1 Å². The summed E-state index contributed by atoms with van der Waals surface area (Å²) >= 11 is 0. The van der Waals surface area contributed by atoms with Crippen LogP contribution < -0.4 is 0 Å². The van der Waals surface area contributed by atoms with E-state index in [1.54, 1.807) is 6.21 Å². The molecule has 0 aromatic heterocycles. The lowest BCUT2D eigenvalue weighted by Gasteiger charge is -1.83. The van der Waals surface area contributed by atoms with Gasteiger partial charge in [-0.25, -0.2) is 0 Å². The van der Waals surface area contributed by atoms with E-state index in [1.807, 2.05) is 0 Å². The Hall–Kier alpha value is -0.970. The minimum Gasteiger partial charge on any atom is -0.399 e. The average molecular weight is 138 g/mol. The second-order valence-electron chi connectivity index (χ2n) is 1.61.